The van der Waals surface area contributed by atoms with Gasteiger partial charge in [-0.05, 0) is 0 Å². The summed E-state index contributed by atoms with van der Waals surface area (Å²) >= 11 is -2.57. The van der Waals surface area contributed by atoms with Crippen LogP contribution in [0.2, 0.25) is 13.1 Å². The van der Waals surface area contributed by atoms with Gasteiger partial charge in [0.2, 0.25) is 0 Å². The molecule has 2 nitrogen and oxygen atoms in total. The number of carbonyl (C=O) groups is 1. The van der Waals surface area contributed by atoms with Crippen LogP contribution in [0.5, 0.6) is 0 Å². The molecular weight excluding hydrogens is 644 g/mol. The zero-order chi connectivity index (χ0) is 23.0. The number of benzene rings is 3. The summed E-state index contributed by atoms with van der Waals surface area (Å²) in [6.45, 7) is 13.7. The van der Waals surface area contributed by atoms with E-state index >= 15 is 0 Å². The third-order valence-electron chi connectivity index (χ3n) is 6.62. The minimum Gasteiger partial charge on any atom is -1.00 e. The van der Waals surface area contributed by atoms with Gasteiger partial charge in [0.25, 0.3) is 0 Å². The zero-order valence-electron chi connectivity index (χ0n) is 20.8. The van der Waals surface area contributed by atoms with E-state index in [1.807, 2.05) is 0 Å². The fourth-order valence-electron chi connectivity index (χ4n) is 5.05. The molecule has 1 amide bonds. The van der Waals surface area contributed by atoms with Gasteiger partial charge in [-0.1, -0.05) is 0 Å². The van der Waals surface area contributed by atoms with E-state index in [0.717, 1.165) is 5.56 Å². The largest absolute Gasteiger partial charge is 1.00 e. The summed E-state index contributed by atoms with van der Waals surface area (Å²) in [5.41, 5.74) is 8.91. The topological polar surface area (TPSA) is 29.1 Å². The summed E-state index contributed by atoms with van der Waals surface area (Å²) < 4.78 is 4.21. The summed E-state index contributed by atoms with van der Waals surface area (Å²) in [6.07, 6.45) is 0. The maximum Gasteiger partial charge on any atom is -1.00 e. The van der Waals surface area contributed by atoms with Crippen molar-refractivity contribution >= 4 is 11.9 Å². The Kier molecular flexibility index (Phi) is 10.4. The number of amides is 1. The van der Waals surface area contributed by atoms with Gasteiger partial charge in [-0.25, -0.2) is 0 Å². The van der Waals surface area contributed by atoms with E-state index < -0.39 is 26.9 Å². The molecule has 1 N–H and O–H groups in total. The second-order valence-corrected chi connectivity index (χ2v) is 35.9. The molecule has 0 radical (unpaired) electrons. The fraction of sp³-hybridized carbons (Fsp3) is 0.321. The van der Waals surface area contributed by atoms with Crippen molar-refractivity contribution in [3.05, 3.63) is 94.5 Å². The van der Waals surface area contributed by atoms with E-state index in [9.17, 15) is 4.79 Å². The van der Waals surface area contributed by atoms with Gasteiger partial charge in [-0.2, -0.15) is 0 Å². The molecule has 0 fully saturated rings. The Morgan fingerprint density at radius 3 is 1.62 bits per heavy atom. The minimum absolute atomic E-state index is 0. The van der Waals surface area contributed by atoms with E-state index in [1.54, 1.807) is 0 Å². The van der Waals surface area contributed by atoms with Gasteiger partial charge in [0.1, 0.15) is 0 Å². The van der Waals surface area contributed by atoms with Crippen molar-refractivity contribution in [2.75, 3.05) is 0 Å². The molecule has 0 spiro atoms. The predicted octanol–water partition coefficient (Wildman–Crippen LogP) is 0.958. The van der Waals surface area contributed by atoms with Gasteiger partial charge in [0, 0.05) is 0 Å². The van der Waals surface area contributed by atoms with E-state index in [4.69, 9.17) is 0 Å². The molecule has 0 atom stereocenters. The minimum atomic E-state index is -2.57. The molecular formula is C28H34Cl2HfNOSi. The maximum atomic E-state index is 14.0. The van der Waals surface area contributed by atoms with Crippen molar-refractivity contribution in [1.29, 1.82) is 0 Å². The van der Waals surface area contributed by atoms with Gasteiger partial charge in [0.05, 0.1) is 0 Å². The molecule has 0 bridgehead atoms. The molecule has 179 valence electrons. The summed E-state index contributed by atoms with van der Waals surface area (Å²) in [5.74, 6) is -0.199. The van der Waals surface area contributed by atoms with Crippen molar-refractivity contribution in [3.63, 3.8) is 0 Å². The van der Waals surface area contributed by atoms with Crippen LogP contribution >= 0.6 is 0 Å². The zero-order valence-corrected chi connectivity index (χ0v) is 27.1. The number of hydrogen-bond donors (Lipinski definition) is 1. The summed E-state index contributed by atoms with van der Waals surface area (Å²) in [4.78, 5) is 14.0. The quantitative estimate of drug-likeness (QED) is 0.388. The Balaban J connectivity index is 0.00000204. The van der Waals surface area contributed by atoms with Crippen LogP contribution in [0.3, 0.4) is 0 Å². The van der Waals surface area contributed by atoms with Crippen LogP contribution in [-0.2, 0) is 20.9 Å². The number of nitrogens with one attached hydrogen (secondary N) is 1. The van der Waals surface area contributed by atoms with Crippen molar-refractivity contribution in [1.82, 2.24) is 3.30 Å². The van der Waals surface area contributed by atoms with Gasteiger partial charge < -0.3 is 24.8 Å². The molecule has 4 rings (SSSR count). The second-order valence-electron chi connectivity index (χ2n) is 9.79. The summed E-state index contributed by atoms with van der Waals surface area (Å²) in [6, 6.07) is 24.1. The molecule has 34 heavy (non-hydrogen) atoms. The molecule has 0 aliphatic heterocycles. The molecule has 3 aromatic carbocycles. The summed E-state index contributed by atoms with van der Waals surface area (Å²) in [7, 11) is 0. The monoisotopic (exact) mass is 678 g/mol. The fourth-order valence-corrected chi connectivity index (χ4v) is 26.4. The van der Waals surface area contributed by atoms with Crippen LogP contribution < -0.4 is 28.1 Å². The molecule has 0 heterocycles. The van der Waals surface area contributed by atoms with Crippen LogP contribution in [0.4, 0.5) is 0 Å². The molecule has 0 aromatic heterocycles. The first-order chi connectivity index (χ1) is 15.3. The molecule has 1 aliphatic carbocycles. The molecule has 6 heteroatoms. The molecule has 1 aliphatic rings. The van der Waals surface area contributed by atoms with Crippen molar-refractivity contribution in [3.8, 4) is 11.1 Å². The van der Waals surface area contributed by atoms with Crippen LogP contribution in [0.1, 0.15) is 75.8 Å². The predicted molar refractivity (Wildman–Crippen MR) is 135 cm³/mol. The average molecular weight is 678 g/mol. The van der Waals surface area contributed by atoms with E-state index in [0.29, 0.717) is 15.5 Å². The average Bonchev–Trinajstić information content (AvgIpc) is 3.10. The van der Waals surface area contributed by atoms with Gasteiger partial charge in [-0.15, -0.1) is 0 Å². The van der Waals surface area contributed by atoms with Gasteiger partial charge >= 0.3 is 203 Å². The van der Waals surface area contributed by atoms with Crippen molar-refractivity contribution in [2.45, 2.75) is 56.3 Å². The Labute approximate surface area is 226 Å². The van der Waals surface area contributed by atoms with Crippen molar-refractivity contribution < 1.29 is 50.5 Å². The normalized spacial score (nSPS) is 12.1. The number of hydrogen-bond acceptors (Lipinski definition) is 1. The maximum absolute atomic E-state index is 14.0. The second kappa shape index (κ2) is 12.2. The smallest absolute Gasteiger partial charge is 1.00 e. The van der Waals surface area contributed by atoms with Crippen LogP contribution in [0.15, 0.2) is 66.7 Å². The standard InChI is InChI=1S/C13H19NO.C13H9.C2H7Si.2ClH.Hf/c1-8(2)10-6-5-7-11(9(3)4)12(10)13(14)15;1-3-7-12-10(5-1)9-11-6-2-4-8-13(11)12;1-3-2;;;/h5-9H,1-4H3,(H2,14,15);1-9H;3H,1-2H3;2*1H;/q;;;;;+3/p-3. The van der Waals surface area contributed by atoms with Crippen LogP contribution in [-0.4, -0.2) is 11.9 Å². The van der Waals surface area contributed by atoms with E-state index in [-0.39, 0.29) is 30.7 Å². The van der Waals surface area contributed by atoms with Crippen molar-refractivity contribution in [2.24, 2.45) is 0 Å². The van der Waals surface area contributed by atoms with E-state index in [2.05, 4.69) is 111 Å². The molecule has 0 saturated heterocycles. The molecule has 3 aromatic rings. The number of rotatable bonds is 6. The van der Waals surface area contributed by atoms with Crippen LogP contribution in [0, 0.1) is 0 Å². The number of fused-ring (bicyclic) bond motifs is 3. The number of halogens is 2. The first-order valence-corrected chi connectivity index (χ1v) is 24.8. The Morgan fingerprint density at radius 2 is 1.21 bits per heavy atom. The third kappa shape index (κ3) is 5.46. The first-order valence-electron chi connectivity index (χ1n) is 11.8. The van der Waals surface area contributed by atoms with E-state index in [1.165, 1.54) is 33.4 Å². The molecule has 0 unspecified atom stereocenters. The van der Waals surface area contributed by atoms with Gasteiger partial charge in [-0.3, -0.25) is 0 Å². The Morgan fingerprint density at radius 1 is 0.765 bits per heavy atom. The Bertz CT molecular complexity index is 1080. The SMILES string of the molecule is CC(C)c1cccc(C(C)C)c1C(=O)[NH][Hf+2]([CH]1c2ccccc2-c2ccccc21)[SiH](C)C.[Cl-].[Cl-]. The van der Waals surface area contributed by atoms with Crippen LogP contribution in [0.25, 0.3) is 11.1 Å². The number of carbonyl (C=O) groups excluding carboxylic acids is 1. The summed E-state index contributed by atoms with van der Waals surface area (Å²) in [5, 5.41) is 0. The Hall–Kier alpha value is -1.20. The van der Waals surface area contributed by atoms with Gasteiger partial charge in [0.15, 0.2) is 0 Å². The third-order valence-corrected chi connectivity index (χ3v) is 31.5. The molecule has 0 saturated carbocycles. The first kappa shape index (κ1) is 29.0.